The minimum atomic E-state index is 0. The minimum Gasteiger partial charge on any atom is -0.370 e. The molecule has 1 aromatic carbocycles. The van der Waals surface area contributed by atoms with Crippen LogP contribution in [0.5, 0.6) is 0 Å². The van der Waals surface area contributed by atoms with E-state index >= 15 is 0 Å². The van der Waals surface area contributed by atoms with E-state index < -0.39 is 0 Å². The van der Waals surface area contributed by atoms with Crippen LogP contribution in [0.1, 0.15) is 30.9 Å². The van der Waals surface area contributed by atoms with Gasteiger partial charge in [-0.3, -0.25) is 0 Å². The van der Waals surface area contributed by atoms with E-state index in [0.29, 0.717) is 24.0 Å². The molecular formula is C15H21IN4. The van der Waals surface area contributed by atoms with Gasteiger partial charge in [-0.1, -0.05) is 19.1 Å². The van der Waals surface area contributed by atoms with Crippen molar-refractivity contribution in [1.82, 2.24) is 4.90 Å². The van der Waals surface area contributed by atoms with Crippen molar-refractivity contribution < 1.29 is 0 Å². The monoisotopic (exact) mass is 384 g/mol. The van der Waals surface area contributed by atoms with E-state index in [0.717, 1.165) is 18.7 Å². The van der Waals surface area contributed by atoms with Crippen LogP contribution < -0.4 is 5.73 Å². The second kappa shape index (κ2) is 8.10. The standard InChI is InChI=1S/C15H20N4.HI/c1-12-3-2-8-19(11-12)15(17)18-10-14-6-4-13(9-16)5-7-14;/h4-7,12H,2-3,8,10-11H2,1H3,(H2,17,18);1H. The molecule has 0 saturated carbocycles. The summed E-state index contributed by atoms with van der Waals surface area (Å²) in [5.74, 6) is 1.33. The van der Waals surface area contributed by atoms with Gasteiger partial charge in [0.25, 0.3) is 0 Å². The summed E-state index contributed by atoms with van der Waals surface area (Å²) in [6, 6.07) is 9.58. The molecular weight excluding hydrogens is 363 g/mol. The molecule has 108 valence electrons. The fourth-order valence-electron chi connectivity index (χ4n) is 2.35. The highest BCUT2D eigenvalue weighted by Gasteiger charge is 2.17. The van der Waals surface area contributed by atoms with Crippen LogP contribution >= 0.6 is 24.0 Å². The average molecular weight is 384 g/mol. The molecule has 1 heterocycles. The van der Waals surface area contributed by atoms with Crippen molar-refractivity contribution in [3.8, 4) is 6.07 Å². The summed E-state index contributed by atoms with van der Waals surface area (Å²) in [6.07, 6.45) is 2.47. The highest BCUT2D eigenvalue weighted by atomic mass is 127. The second-order valence-electron chi connectivity index (χ2n) is 5.18. The smallest absolute Gasteiger partial charge is 0.191 e. The maximum Gasteiger partial charge on any atom is 0.191 e. The van der Waals surface area contributed by atoms with Gasteiger partial charge in [0.05, 0.1) is 18.2 Å². The van der Waals surface area contributed by atoms with E-state index in [4.69, 9.17) is 11.0 Å². The molecule has 1 fully saturated rings. The molecule has 20 heavy (non-hydrogen) atoms. The quantitative estimate of drug-likeness (QED) is 0.485. The number of nitrogens with zero attached hydrogens (tertiary/aromatic N) is 3. The summed E-state index contributed by atoms with van der Waals surface area (Å²) in [5, 5.41) is 8.74. The molecule has 2 rings (SSSR count). The van der Waals surface area contributed by atoms with Gasteiger partial charge < -0.3 is 10.6 Å². The Hall–Kier alpha value is -1.29. The van der Waals surface area contributed by atoms with Crippen molar-refractivity contribution in [3.63, 3.8) is 0 Å². The number of halogens is 1. The zero-order chi connectivity index (χ0) is 13.7. The van der Waals surface area contributed by atoms with Crippen molar-refractivity contribution in [1.29, 1.82) is 5.26 Å². The van der Waals surface area contributed by atoms with Gasteiger partial charge in [-0.05, 0) is 36.5 Å². The number of benzene rings is 1. The van der Waals surface area contributed by atoms with Gasteiger partial charge in [0, 0.05) is 13.1 Å². The van der Waals surface area contributed by atoms with E-state index in [-0.39, 0.29) is 24.0 Å². The Morgan fingerprint density at radius 2 is 2.15 bits per heavy atom. The molecule has 2 N–H and O–H groups in total. The van der Waals surface area contributed by atoms with Crippen molar-refractivity contribution in [3.05, 3.63) is 35.4 Å². The van der Waals surface area contributed by atoms with Crippen LogP contribution in [0.3, 0.4) is 0 Å². The van der Waals surface area contributed by atoms with E-state index in [1.807, 2.05) is 24.3 Å². The second-order valence-corrected chi connectivity index (χ2v) is 5.18. The molecule has 1 atom stereocenters. The zero-order valence-electron chi connectivity index (χ0n) is 11.7. The molecule has 0 spiro atoms. The van der Waals surface area contributed by atoms with Gasteiger partial charge in [-0.2, -0.15) is 5.26 Å². The summed E-state index contributed by atoms with van der Waals surface area (Å²) < 4.78 is 0. The topological polar surface area (TPSA) is 65.4 Å². The van der Waals surface area contributed by atoms with E-state index in [2.05, 4.69) is 22.9 Å². The Labute approximate surface area is 137 Å². The van der Waals surface area contributed by atoms with Crippen molar-refractivity contribution in [2.45, 2.75) is 26.3 Å². The molecule has 1 aliphatic rings. The predicted octanol–water partition coefficient (Wildman–Crippen LogP) is 2.72. The Morgan fingerprint density at radius 3 is 2.75 bits per heavy atom. The fourth-order valence-corrected chi connectivity index (χ4v) is 2.35. The summed E-state index contributed by atoms with van der Waals surface area (Å²) in [7, 11) is 0. The van der Waals surface area contributed by atoms with Crippen LogP contribution in [-0.4, -0.2) is 23.9 Å². The number of guanidine groups is 1. The summed E-state index contributed by atoms with van der Waals surface area (Å²) in [5.41, 5.74) is 7.79. The summed E-state index contributed by atoms with van der Waals surface area (Å²) >= 11 is 0. The lowest BCUT2D eigenvalue weighted by Gasteiger charge is -2.31. The number of likely N-dealkylation sites (tertiary alicyclic amines) is 1. The highest BCUT2D eigenvalue weighted by Crippen LogP contribution is 2.15. The zero-order valence-corrected chi connectivity index (χ0v) is 14.1. The molecule has 1 saturated heterocycles. The van der Waals surface area contributed by atoms with Crippen LogP contribution in [0, 0.1) is 17.2 Å². The van der Waals surface area contributed by atoms with E-state index in [9.17, 15) is 0 Å². The Balaban J connectivity index is 0.00000200. The van der Waals surface area contributed by atoms with Crippen molar-refractivity contribution >= 4 is 29.9 Å². The molecule has 1 unspecified atom stereocenters. The molecule has 0 aliphatic carbocycles. The third-order valence-electron chi connectivity index (χ3n) is 3.49. The molecule has 0 amide bonds. The number of piperidine rings is 1. The van der Waals surface area contributed by atoms with Crippen LogP contribution in [0.15, 0.2) is 29.3 Å². The first-order valence-corrected chi connectivity index (χ1v) is 6.73. The lowest BCUT2D eigenvalue weighted by atomic mass is 10.0. The third-order valence-corrected chi connectivity index (χ3v) is 3.49. The van der Waals surface area contributed by atoms with Crippen LogP contribution in [0.25, 0.3) is 0 Å². The first-order valence-electron chi connectivity index (χ1n) is 6.73. The summed E-state index contributed by atoms with van der Waals surface area (Å²) in [4.78, 5) is 6.61. The van der Waals surface area contributed by atoms with Gasteiger partial charge in [0.2, 0.25) is 0 Å². The molecule has 0 bridgehead atoms. The molecule has 0 radical (unpaired) electrons. The van der Waals surface area contributed by atoms with Gasteiger partial charge in [-0.25, -0.2) is 4.99 Å². The third kappa shape index (κ3) is 4.67. The fraction of sp³-hybridized carbons (Fsp3) is 0.467. The maximum absolute atomic E-state index is 8.74. The molecule has 1 aromatic rings. The lowest BCUT2D eigenvalue weighted by molar-refractivity contribution is 0.270. The Kier molecular flexibility index (Phi) is 6.79. The van der Waals surface area contributed by atoms with Gasteiger partial charge in [0.15, 0.2) is 5.96 Å². The average Bonchev–Trinajstić information content (AvgIpc) is 2.45. The number of aliphatic imine (C=N–C) groups is 1. The number of nitrogens with two attached hydrogens (primary N) is 1. The van der Waals surface area contributed by atoms with Crippen molar-refractivity contribution in [2.24, 2.45) is 16.6 Å². The number of hydrogen-bond donors (Lipinski definition) is 1. The van der Waals surface area contributed by atoms with E-state index in [1.165, 1.54) is 12.8 Å². The minimum absolute atomic E-state index is 0. The maximum atomic E-state index is 8.74. The molecule has 4 nitrogen and oxygen atoms in total. The van der Waals surface area contributed by atoms with Gasteiger partial charge in [0.1, 0.15) is 0 Å². The number of nitriles is 1. The largest absolute Gasteiger partial charge is 0.370 e. The molecule has 5 heteroatoms. The Bertz CT molecular complexity index is 490. The van der Waals surface area contributed by atoms with Crippen molar-refractivity contribution in [2.75, 3.05) is 13.1 Å². The highest BCUT2D eigenvalue weighted by molar-refractivity contribution is 14.0. The normalized spacial score (nSPS) is 19.1. The Morgan fingerprint density at radius 1 is 1.45 bits per heavy atom. The van der Waals surface area contributed by atoms with Gasteiger partial charge in [-0.15, -0.1) is 24.0 Å². The SMILES string of the molecule is CC1CCCN(C(N)=NCc2ccc(C#N)cc2)C1.I. The summed E-state index contributed by atoms with van der Waals surface area (Å²) in [6.45, 7) is 4.83. The number of rotatable bonds is 2. The predicted molar refractivity (Wildman–Crippen MR) is 91.9 cm³/mol. The van der Waals surface area contributed by atoms with Crippen LogP contribution in [0.2, 0.25) is 0 Å². The van der Waals surface area contributed by atoms with E-state index in [1.54, 1.807) is 0 Å². The first kappa shape index (κ1) is 16.8. The first-order chi connectivity index (χ1) is 9.19. The lowest BCUT2D eigenvalue weighted by Crippen LogP contribution is -2.43. The number of hydrogen-bond acceptors (Lipinski definition) is 2. The van der Waals surface area contributed by atoms with Crippen LogP contribution in [0.4, 0.5) is 0 Å². The van der Waals surface area contributed by atoms with Crippen LogP contribution in [-0.2, 0) is 6.54 Å². The van der Waals surface area contributed by atoms with Gasteiger partial charge >= 0.3 is 0 Å². The molecule has 1 aliphatic heterocycles. The molecule has 0 aromatic heterocycles.